The molecule has 0 aliphatic heterocycles. The number of carbonyl (C=O) groups excluding carboxylic acids is 1. The zero-order chi connectivity index (χ0) is 16.7. The number of carbonyl (C=O) groups is 1. The van der Waals surface area contributed by atoms with Crippen LogP contribution < -0.4 is 5.73 Å². The van der Waals surface area contributed by atoms with Gasteiger partial charge in [0.15, 0.2) is 0 Å². The van der Waals surface area contributed by atoms with Gasteiger partial charge in [0.05, 0.1) is 0 Å². The average Bonchev–Trinajstić information content (AvgIpc) is 3.36. The molecule has 2 N–H and O–H groups in total. The summed E-state index contributed by atoms with van der Waals surface area (Å²) in [5.74, 6) is 0.432. The normalized spacial score (nSPS) is 14.5. The highest BCUT2D eigenvalue weighted by molar-refractivity contribution is 6.17. The molecule has 1 amide bonds. The Bertz CT molecular complexity index is 918. The van der Waals surface area contributed by atoms with E-state index < -0.39 is 0 Å². The molecule has 3 heteroatoms. The van der Waals surface area contributed by atoms with Crippen molar-refractivity contribution in [3.8, 4) is 0 Å². The first kappa shape index (κ1) is 15.3. The summed E-state index contributed by atoms with van der Waals surface area (Å²) in [7, 11) is 0. The predicted molar refractivity (Wildman–Crippen MR) is 99.3 cm³/mol. The van der Waals surface area contributed by atoms with Crippen molar-refractivity contribution in [2.45, 2.75) is 45.6 Å². The smallest absolute Gasteiger partial charge is 0.249 e. The zero-order valence-electron chi connectivity index (χ0n) is 14.2. The van der Waals surface area contributed by atoms with E-state index in [4.69, 9.17) is 5.73 Å². The zero-order valence-corrected chi connectivity index (χ0v) is 14.2. The number of fused-ring (bicyclic) bond motifs is 3. The van der Waals surface area contributed by atoms with Crippen molar-refractivity contribution in [2.75, 3.05) is 0 Å². The number of rotatable bonds is 6. The molecule has 1 aliphatic carbocycles. The second kappa shape index (κ2) is 5.97. The van der Waals surface area contributed by atoms with Crippen molar-refractivity contribution in [3.63, 3.8) is 0 Å². The van der Waals surface area contributed by atoms with Crippen LogP contribution >= 0.6 is 0 Å². The first-order valence-corrected chi connectivity index (χ1v) is 9.02. The molecule has 1 fully saturated rings. The highest BCUT2D eigenvalue weighted by atomic mass is 16.1. The summed E-state index contributed by atoms with van der Waals surface area (Å²) < 4.78 is 2.41. The molecule has 1 aromatic heterocycles. The fourth-order valence-corrected chi connectivity index (χ4v) is 3.69. The number of aromatic nitrogens is 1. The summed E-state index contributed by atoms with van der Waals surface area (Å²) in [6.45, 7) is 3.27. The van der Waals surface area contributed by atoms with Gasteiger partial charge < -0.3 is 10.3 Å². The van der Waals surface area contributed by atoms with Crippen molar-refractivity contribution in [2.24, 2.45) is 11.7 Å². The molecule has 24 heavy (non-hydrogen) atoms. The molecule has 1 aliphatic rings. The Labute approximate surface area is 142 Å². The second-order valence-electron chi connectivity index (χ2n) is 7.07. The lowest BCUT2D eigenvalue weighted by Gasteiger charge is -2.07. The third kappa shape index (κ3) is 2.58. The van der Waals surface area contributed by atoms with E-state index in [2.05, 4.69) is 35.8 Å². The maximum absolute atomic E-state index is 11.9. The summed E-state index contributed by atoms with van der Waals surface area (Å²) in [6.07, 6.45) is 6.15. The Hall–Kier alpha value is -2.29. The predicted octanol–water partition coefficient (Wildman–Crippen LogP) is 4.65. The van der Waals surface area contributed by atoms with Gasteiger partial charge in [-0.3, -0.25) is 4.79 Å². The standard InChI is InChI=1S/C21H24N2O/c1-2-3-5-14-10-11-16-19(12-14)23(13-15-8-9-15)18-7-4-6-17(20(16)18)21(22)24/h4,6-7,10-12,15H,2-3,5,8-9,13H2,1H3,(H2,22,24). The highest BCUT2D eigenvalue weighted by Gasteiger charge is 2.24. The molecule has 4 rings (SSSR count). The number of primary amides is 1. The Morgan fingerprint density at radius 1 is 1.21 bits per heavy atom. The number of unbranched alkanes of at least 4 members (excludes halogenated alkanes) is 1. The van der Waals surface area contributed by atoms with E-state index in [1.807, 2.05) is 12.1 Å². The van der Waals surface area contributed by atoms with E-state index in [0.29, 0.717) is 5.56 Å². The highest BCUT2D eigenvalue weighted by Crippen LogP contribution is 2.37. The van der Waals surface area contributed by atoms with E-state index >= 15 is 0 Å². The van der Waals surface area contributed by atoms with Gasteiger partial charge in [-0.15, -0.1) is 0 Å². The van der Waals surface area contributed by atoms with Gasteiger partial charge in [0, 0.05) is 33.9 Å². The molecule has 124 valence electrons. The minimum absolute atomic E-state index is 0.346. The van der Waals surface area contributed by atoms with Gasteiger partial charge in [-0.25, -0.2) is 0 Å². The van der Waals surface area contributed by atoms with Crippen LogP contribution in [0.2, 0.25) is 0 Å². The molecule has 0 bridgehead atoms. The van der Waals surface area contributed by atoms with Crippen LogP contribution in [0.5, 0.6) is 0 Å². The van der Waals surface area contributed by atoms with E-state index in [1.165, 1.54) is 36.8 Å². The van der Waals surface area contributed by atoms with Crippen molar-refractivity contribution in [1.82, 2.24) is 4.57 Å². The lowest BCUT2D eigenvalue weighted by atomic mass is 10.0. The first-order valence-electron chi connectivity index (χ1n) is 9.02. The van der Waals surface area contributed by atoms with E-state index in [0.717, 1.165) is 35.2 Å². The van der Waals surface area contributed by atoms with Gasteiger partial charge in [0.1, 0.15) is 0 Å². The third-order valence-corrected chi connectivity index (χ3v) is 5.18. The van der Waals surface area contributed by atoms with E-state index in [9.17, 15) is 4.79 Å². The summed E-state index contributed by atoms with van der Waals surface area (Å²) in [5.41, 5.74) is 10.0. The maximum Gasteiger partial charge on any atom is 0.249 e. The molecule has 0 radical (unpaired) electrons. The number of benzene rings is 2. The van der Waals surface area contributed by atoms with Crippen LogP contribution in [-0.4, -0.2) is 10.5 Å². The summed E-state index contributed by atoms with van der Waals surface area (Å²) in [5, 5.41) is 2.17. The van der Waals surface area contributed by atoms with Gasteiger partial charge in [-0.2, -0.15) is 0 Å². The third-order valence-electron chi connectivity index (χ3n) is 5.18. The van der Waals surface area contributed by atoms with Crippen LogP contribution in [-0.2, 0) is 13.0 Å². The van der Waals surface area contributed by atoms with Crippen LogP contribution in [0.15, 0.2) is 36.4 Å². The number of nitrogens with two attached hydrogens (primary N) is 1. The molecule has 0 spiro atoms. The van der Waals surface area contributed by atoms with E-state index in [-0.39, 0.29) is 5.91 Å². The minimum atomic E-state index is -0.346. The summed E-state index contributed by atoms with van der Waals surface area (Å²) in [4.78, 5) is 11.9. The molecule has 2 aromatic carbocycles. The van der Waals surface area contributed by atoms with Crippen LogP contribution in [0.3, 0.4) is 0 Å². The van der Waals surface area contributed by atoms with Gasteiger partial charge in [0.2, 0.25) is 5.91 Å². The molecular weight excluding hydrogens is 296 g/mol. The number of hydrogen-bond donors (Lipinski definition) is 1. The fourth-order valence-electron chi connectivity index (χ4n) is 3.69. The molecular formula is C21H24N2O. The van der Waals surface area contributed by atoms with Crippen LogP contribution in [0, 0.1) is 5.92 Å². The molecule has 3 aromatic rings. The van der Waals surface area contributed by atoms with Crippen molar-refractivity contribution < 1.29 is 4.79 Å². The SMILES string of the molecule is CCCCc1ccc2c3c(C(N)=O)cccc3n(CC3CC3)c2c1. The van der Waals surface area contributed by atoms with Crippen LogP contribution in [0.1, 0.15) is 48.5 Å². The largest absolute Gasteiger partial charge is 0.366 e. The Morgan fingerprint density at radius 2 is 2.04 bits per heavy atom. The molecule has 0 unspecified atom stereocenters. The molecule has 1 heterocycles. The van der Waals surface area contributed by atoms with Gasteiger partial charge >= 0.3 is 0 Å². The van der Waals surface area contributed by atoms with Gasteiger partial charge in [-0.05, 0) is 55.4 Å². The Morgan fingerprint density at radius 3 is 2.75 bits per heavy atom. The molecule has 0 saturated heterocycles. The fraction of sp³-hybridized carbons (Fsp3) is 0.381. The molecule has 1 saturated carbocycles. The monoisotopic (exact) mass is 320 g/mol. The first-order chi connectivity index (χ1) is 11.7. The Kier molecular flexibility index (Phi) is 3.79. The second-order valence-corrected chi connectivity index (χ2v) is 7.07. The summed E-state index contributed by atoms with van der Waals surface area (Å²) >= 11 is 0. The molecule has 3 nitrogen and oxygen atoms in total. The van der Waals surface area contributed by atoms with Crippen molar-refractivity contribution >= 4 is 27.7 Å². The molecule has 0 atom stereocenters. The van der Waals surface area contributed by atoms with Crippen LogP contribution in [0.4, 0.5) is 0 Å². The quantitative estimate of drug-likeness (QED) is 0.706. The van der Waals surface area contributed by atoms with E-state index in [1.54, 1.807) is 0 Å². The number of amides is 1. The van der Waals surface area contributed by atoms with Crippen molar-refractivity contribution in [1.29, 1.82) is 0 Å². The number of nitrogens with zero attached hydrogens (tertiary/aromatic N) is 1. The lowest BCUT2D eigenvalue weighted by Crippen LogP contribution is -2.11. The minimum Gasteiger partial charge on any atom is -0.366 e. The van der Waals surface area contributed by atoms with Crippen LogP contribution in [0.25, 0.3) is 21.8 Å². The van der Waals surface area contributed by atoms with Gasteiger partial charge in [0.25, 0.3) is 0 Å². The summed E-state index contributed by atoms with van der Waals surface area (Å²) in [6, 6.07) is 12.6. The van der Waals surface area contributed by atoms with Gasteiger partial charge in [-0.1, -0.05) is 31.5 Å². The lowest BCUT2D eigenvalue weighted by molar-refractivity contribution is 0.100. The number of hydrogen-bond acceptors (Lipinski definition) is 1. The average molecular weight is 320 g/mol. The van der Waals surface area contributed by atoms with Crippen molar-refractivity contribution in [3.05, 3.63) is 47.5 Å². The maximum atomic E-state index is 11.9. The number of aryl methyl sites for hydroxylation is 1. The Balaban J connectivity index is 1.97. The topological polar surface area (TPSA) is 48.0 Å².